The van der Waals surface area contributed by atoms with Crippen molar-refractivity contribution in [1.29, 1.82) is 0 Å². The fourth-order valence-corrected chi connectivity index (χ4v) is 3.01. The van der Waals surface area contributed by atoms with Gasteiger partial charge >= 0.3 is 12.1 Å². The summed E-state index contributed by atoms with van der Waals surface area (Å²) >= 11 is 1.14. The lowest BCUT2D eigenvalue weighted by molar-refractivity contribution is -0.141. The maximum Gasteiger partial charge on any atom is 0.416 e. The first-order valence-corrected chi connectivity index (χ1v) is 6.85. The molecule has 0 bridgehead atoms. The minimum atomic E-state index is -4.71. The van der Waals surface area contributed by atoms with Crippen molar-refractivity contribution in [2.75, 3.05) is 11.6 Å². The average molecular weight is 323 g/mol. The largest absolute Gasteiger partial charge is 0.480 e. The van der Waals surface area contributed by atoms with Crippen LogP contribution in [0.5, 0.6) is 0 Å². The van der Waals surface area contributed by atoms with Gasteiger partial charge in [0.25, 0.3) is 5.91 Å². The number of nitrogens with zero attached hydrogens (tertiary/aromatic N) is 1. The van der Waals surface area contributed by atoms with E-state index >= 15 is 0 Å². The molecule has 9 heteroatoms. The van der Waals surface area contributed by atoms with Crippen LogP contribution in [-0.2, 0) is 11.0 Å². The van der Waals surface area contributed by atoms with Gasteiger partial charge in [-0.3, -0.25) is 4.79 Å². The Morgan fingerprint density at radius 1 is 1.33 bits per heavy atom. The van der Waals surface area contributed by atoms with Gasteiger partial charge in [-0.25, -0.2) is 9.18 Å². The van der Waals surface area contributed by atoms with Crippen LogP contribution in [0.1, 0.15) is 15.9 Å². The molecule has 1 heterocycles. The predicted molar refractivity (Wildman–Crippen MR) is 66.3 cm³/mol. The van der Waals surface area contributed by atoms with E-state index in [1.54, 1.807) is 0 Å². The monoisotopic (exact) mass is 323 g/mol. The molecular formula is C12H9F4NO3S. The molecule has 1 fully saturated rings. The maximum atomic E-state index is 13.6. The van der Waals surface area contributed by atoms with Crippen LogP contribution in [0.15, 0.2) is 18.2 Å². The number of carbonyl (C=O) groups is 2. The zero-order valence-corrected chi connectivity index (χ0v) is 11.2. The fourth-order valence-electron chi connectivity index (χ4n) is 1.87. The highest BCUT2D eigenvalue weighted by Gasteiger charge is 2.37. The molecule has 21 heavy (non-hydrogen) atoms. The number of carboxylic acids is 1. The molecule has 1 aliphatic rings. The van der Waals surface area contributed by atoms with Crippen LogP contribution in [0.4, 0.5) is 17.6 Å². The van der Waals surface area contributed by atoms with Crippen LogP contribution in [0.2, 0.25) is 0 Å². The van der Waals surface area contributed by atoms with Crippen LogP contribution in [0, 0.1) is 5.82 Å². The summed E-state index contributed by atoms with van der Waals surface area (Å²) in [6.07, 6.45) is -4.71. The molecule has 2 rings (SSSR count). The standard InChI is InChI=1S/C12H9F4NO3S/c13-8-2-1-6(12(14,15)16)3-7(8)10(18)17-5-21-4-9(17)11(19)20/h1-3,9H,4-5H2,(H,19,20)/t9-/m0/s1. The van der Waals surface area contributed by atoms with Gasteiger partial charge in [-0.15, -0.1) is 11.8 Å². The van der Waals surface area contributed by atoms with Crippen molar-refractivity contribution in [3.63, 3.8) is 0 Å². The summed E-state index contributed by atoms with van der Waals surface area (Å²) in [5, 5.41) is 8.95. The SMILES string of the molecule is O=C(O)[C@@H]1CSCN1C(=O)c1cc(C(F)(F)F)ccc1F. The number of alkyl halides is 3. The Morgan fingerprint density at radius 2 is 2.00 bits per heavy atom. The van der Waals surface area contributed by atoms with E-state index < -0.39 is 41.0 Å². The Balaban J connectivity index is 2.37. The van der Waals surface area contributed by atoms with Crippen LogP contribution in [-0.4, -0.2) is 39.6 Å². The number of rotatable bonds is 2. The third-order valence-corrected chi connectivity index (χ3v) is 3.96. The van der Waals surface area contributed by atoms with E-state index in [0.29, 0.717) is 18.2 Å². The normalized spacial score (nSPS) is 18.9. The number of carboxylic acid groups (broad SMARTS) is 1. The zero-order chi connectivity index (χ0) is 15.8. The van der Waals surface area contributed by atoms with Crippen molar-refractivity contribution in [2.24, 2.45) is 0 Å². The summed E-state index contributed by atoms with van der Waals surface area (Å²) in [6, 6.07) is 0.310. The molecule has 0 saturated carbocycles. The smallest absolute Gasteiger partial charge is 0.416 e. The van der Waals surface area contributed by atoms with Crippen molar-refractivity contribution < 1.29 is 32.3 Å². The average Bonchev–Trinajstić information content (AvgIpc) is 2.86. The molecular weight excluding hydrogens is 314 g/mol. The van der Waals surface area contributed by atoms with Crippen LogP contribution in [0.25, 0.3) is 0 Å². The number of thioether (sulfide) groups is 1. The molecule has 0 aliphatic carbocycles. The van der Waals surface area contributed by atoms with Gasteiger partial charge in [0, 0.05) is 5.75 Å². The molecule has 1 saturated heterocycles. The van der Waals surface area contributed by atoms with Crippen molar-refractivity contribution in [1.82, 2.24) is 4.90 Å². The van der Waals surface area contributed by atoms with Gasteiger partial charge in [-0.2, -0.15) is 13.2 Å². The van der Waals surface area contributed by atoms with Crippen LogP contribution >= 0.6 is 11.8 Å². The van der Waals surface area contributed by atoms with E-state index in [-0.39, 0.29) is 11.6 Å². The molecule has 0 aromatic heterocycles. The van der Waals surface area contributed by atoms with Gasteiger partial charge in [0.2, 0.25) is 0 Å². The van der Waals surface area contributed by atoms with E-state index in [1.807, 2.05) is 0 Å². The fraction of sp³-hybridized carbons (Fsp3) is 0.333. The van der Waals surface area contributed by atoms with Crippen LogP contribution in [0.3, 0.4) is 0 Å². The molecule has 1 aromatic rings. The topological polar surface area (TPSA) is 57.6 Å². The van der Waals surface area contributed by atoms with Gasteiger partial charge in [0.15, 0.2) is 0 Å². The Morgan fingerprint density at radius 3 is 2.57 bits per heavy atom. The van der Waals surface area contributed by atoms with Crippen molar-refractivity contribution >= 4 is 23.6 Å². The van der Waals surface area contributed by atoms with Gasteiger partial charge in [0.05, 0.1) is 17.0 Å². The number of aliphatic carboxylic acids is 1. The molecule has 4 nitrogen and oxygen atoms in total. The van der Waals surface area contributed by atoms with Crippen molar-refractivity contribution in [3.8, 4) is 0 Å². The van der Waals surface area contributed by atoms with Gasteiger partial charge in [-0.05, 0) is 18.2 Å². The van der Waals surface area contributed by atoms with E-state index in [1.165, 1.54) is 0 Å². The zero-order valence-electron chi connectivity index (χ0n) is 10.4. The third-order valence-electron chi connectivity index (χ3n) is 2.95. The van der Waals surface area contributed by atoms with Crippen LogP contribution < -0.4 is 0 Å². The lowest BCUT2D eigenvalue weighted by Gasteiger charge is -2.21. The highest BCUT2D eigenvalue weighted by Crippen LogP contribution is 2.31. The molecule has 114 valence electrons. The first-order valence-electron chi connectivity index (χ1n) is 5.70. The highest BCUT2D eigenvalue weighted by atomic mass is 32.2. The van der Waals surface area contributed by atoms with Crippen molar-refractivity contribution in [3.05, 3.63) is 35.1 Å². The molecule has 1 amide bonds. The second kappa shape index (κ2) is 5.55. The Labute approximate surface area is 120 Å². The number of hydrogen-bond donors (Lipinski definition) is 1. The molecule has 1 N–H and O–H groups in total. The number of carbonyl (C=O) groups excluding carboxylic acids is 1. The molecule has 1 aromatic carbocycles. The van der Waals surface area contributed by atoms with Crippen molar-refractivity contribution in [2.45, 2.75) is 12.2 Å². The van der Waals surface area contributed by atoms with E-state index in [9.17, 15) is 27.2 Å². The van der Waals surface area contributed by atoms with E-state index in [0.717, 1.165) is 16.7 Å². The van der Waals surface area contributed by atoms with Gasteiger partial charge < -0.3 is 10.0 Å². The Bertz CT molecular complexity index is 590. The number of benzene rings is 1. The second-order valence-corrected chi connectivity index (χ2v) is 5.32. The highest BCUT2D eigenvalue weighted by molar-refractivity contribution is 7.99. The summed E-state index contributed by atoms with van der Waals surface area (Å²) in [6.45, 7) is 0. The first-order chi connectivity index (χ1) is 9.71. The maximum absolute atomic E-state index is 13.6. The third kappa shape index (κ3) is 3.12. The number of amides is 1. The van der Waals surface area contributed by atoms with Gasteiger partial charge in [-0.1, -0.05) is 0 Å². The van der Waals surface area contributed by atoms with E-state index in [2.05, 4.69) is 0 Å². The number of halogens is 4. The Hall–Kier alpha value is -1.77. The molecule has 1 aliphatic heterocycles. The summed E-state index contributed by atoms with van der Waals surface area (Å²) < 4.78 is 51.4. The summed E-state index contributed by atoms with van der Waals surface area (Å²) in [7, 11) is 0. The molecule has 0 radical (unpaired) electrons. The molecule has 0 unspecified atom stereocenters. The van der Waals surface area contributed by atoms with Gasteiger partial charge in [0.1, 0.15) is 11.9 Å². The minimum absolute atomic E-state index is 0.00845. The molecule has 1 atom stereocenters. The van der Waals surface area contributed by atoms with E-state index in [4.69, 9.17) is 5.11 Å². The Kier molecular flexibility index (Phi) is 4.13. The lowest BCUT2D eigenvalue weighted by atomic mass is 10.1. The summed E-state index contributed by atoms with van der Waals surface area (Å²) in [5.74, 6) is -3.35. The predicted octanol–water partition coefficient (Wildman–Crippen LogP) is 2.44. The quantitative estimate of drug-likeness (QED) is 0.850. The lowest BCUT2D eigenvalue weighted by Crippen LogP contribution is -2.42. The first kappa shape index (κ1) is 15.6. The summed E-state index contributed by atoms with van der Waals surface area (Å²) in [5.41, 5.74) is -1.94. The number of hydrogen-bond acceptors (Lipinski definition) is 3. The summed E-state index contributed by atoms with van der Waals surface area (Å²) in [4.78, 5) is 23.9. The molecule has 0 spiro atoms. The minimum Gasteiger partial charge on any atom is -0.480 e. The second-order valence-electron chi connectivity index (χ2n) is 4.32.